The molecule has 2 aliphatic rings. The van der Waals surface area contributed by atoms with Gasteiger partial charge in [-0.15, -0.1) is 10.2 Å². The number of sulfonamides is 1. The lowest BCUT2D eigenvalue weighted by Crippen LogP contribution is -2.31. The van der Waals surface area contributed by atoms with Crippen LogP contribution in [0.3, 0.4) is 0 Å². The van der Waals surface area contributed by atoms with Gasteiger partial charge in [0.1, 0.15) is 0 Å². The minimum atomic E-state index is -3.47. The summed E-state index contributed by atoms with van der Waals surface area (Å²) in [5.74, 6) is 1.49. The maximum atomic E-state index is 12.8. The van der Waals surface area contributed by atoms with Crippen molar-refractivity contribution in [2.75, 3.05) is 19.7 Å². The Kier molecular flexibility index (Phi) is 3.90. The quantitative estimate of drug-likeness (QED) is 0.826. The Labute approximate surface area is 140 Å². The van der Waals surface area contributed by atoms with Crippen molar-refractivity contribution in [3.8, 4) is 0 Å². The molecule has 0 bridgehead atoms. The summed E-state index contributed by atoms with van der Waals surface area (Å²) in [4.78, 5) is 0.328. The first kappa shape index (κ1) is 15.7. The zero-order valence-corrected chi connectivity index (χ0v) is 14.1. The van der Waals surface area contributed by atoms with Crippen molar-refractivity contribution in [1.82, 2.24) is 14.5 Å². The summed E-state index contributed by atoms with van der Waals surface area (Å²) in [6.45, 7) is 3.24. The fourth-order valence-corrected chi connectivity index (χ4v) is 5.07. The lowest BCUT2D eigenvalue weighted by Gasteiger charge is -2.19. The summed E-state index contributed by atoms with van der Waals surface area (Å²) in [5, 5.41) is 7.88. The van der Waals surface area contributed by atoms with Crippen LogP contribution in [0.15, 0.2) is 39.6 Å². The van der Waals surface area contributed by atoms with Gasteiger partial charge >= 0.3 is 0 Å². The molecule has 0 amide bonds. The van der Waals surface area contributed by atoms with E-state index in [1.807, 2.05) is 6.07 Å². The van der Waals surface area contributed by atoms with Crippen LogP contribution in [0.2, 0.25) is 0 Å². The SMILES string of the molecule is Cc1nnc(C[C@@H]2CO[C@@H]3CN(S(=O)(=O)c4ccccc4)C[C@H]23)o1. The predicted octanol–water partition coefficient (Wildman–Crippen LogP) is 1.26. The topological polar surface area (TPSA) is 85.5 Å². The first-order chi connectivity index (χ1) is 11.5. The number of benzene rings is 1. The molecule has 0 N–H and O–H groups in total. The zero-order chi connectivity index (χ0) is 16.7. The highest BCUT2D eigenvalue weighted by molar-refractivity contribution is 7.89. The zero-order valence-electron chi connectivity index (χ0n) is 13.3. The van der Waals surface area contributed by atoms with Crippen molar-refractivity contribution in [2.45, 2.75) is 24.3 Å². The molecular formula is C16H19N3O4S. The summed E-state index contributed by atoms with van der Waals surface area (Å²) in [6.07, 6.45) is 0.568. The minimum Gasteiger partial charge on any atom is -0.426 e. The Morgan fingerprint density at radius 3 is 2.71 bits per heavy atom. The van der Waals surface area contributed by atoms with Crippen molar-refractivity contribution < 1.29 is 17.6 Å². The third-order valence-corrected chi connectivity index (χ3v) is 6.64. The lowest BCUT2D eigenvalue weighted by atomic mass is 9.90. The van der Waals surface area contributed by atoms with Gasteiger partial charge in [-0.2, -0.15) is 4.31 Å². The molecule has 4 rings (SSSR count). The predicted molar refractivity (Wildman–Crippen MR) is 84.7 cm³/mol. The van der Waals surface area contributed by atoms with Gasteiger partial charge in [0, 0.05) is 32.4 Å². The number of hydrogen-bond acceptors (Lipinski definition) is 6. The minimum absolute atomic E-state index is 0.0579. The number of fused-ring (bicyclic) bond motifs is 1. The van der Waals surface area contributed by atoms with Crippen molar-refractivity contribution >= 4 is 10.0 Å². The average Bonchev–Trinajstić information content (AvgIpc) is 3.26. The number of aromatic nitrogens is 2. The van der Waals surface area contributed by atoms with Crippen LogP contribution in [0.1, 0.15) is 11.8 Å². The van der Waals surface area contributed by atoms with E-state index in [1.165, 1.54) is 4.31 Å². The van der Waals surface area contributed by atoms with Crippen LogP contribution in [-0.2, 0) is 21.2 Å². The second-order valence-electron chi connectivity index (χ2n) is 6.35. The summed E-state index contributed by atoms with van der Waals surface area (Å²) in [7, 11) is -3.47. The fourth-order valence-electron chi connectivity index (χ4n) is 3.56. The first-order valence-electron chi connectivity index (χ1n) is 8.00. The molecule has 0 aliphatic carbocycles. The van der Waals surface area contributed by atoms with Gasteiger partial charge in [0.05, 0.1) is 17.6 Å². The third kappa shape index (κ3) is 2.74. The van der Waals surface area contributed by atoms with Crippen LogP contribution in [-0.4, -0.2) is 48.7 Å². The van der Waals surface area contributed by atoms with E-state index in [-0.39, 0.29) is 17.9 Å². The highest BCUT2D eigenvalue weighted by atomic mass is 32.2. The summed E-state index contributed by atoms with van der Waals surface area (Å²) >= 11 is 0. The number of nitrogens with zero attached hydrogens (tertiary/aromatic N) is 3. The molecule has 2 aliphatic heterocycles. The van der Waals surface area contributed by atoms with E-state index in [0.29, 0.717) is 42.8 Å². The Hall–Kier alpha value is -1.77. The van der Waals surface area contributed by atoms with E-state index < -0.39 is 10.0 Å². The van der Waals surface area contributed by atoms with Crippen molar-refractivity contribution in [1.29, 1.82) is 0 Å². The molecule has 128 valence electrons. The molecule has 24 heavy (non-hydrogen) atoms. The van der Waals surface area contributed by atoms with Crippen LogP contribution in [0.5, 0.6) is 0 Å². The molecule has 7 nitrogen and oxygen atoms in total. The number of ether oxygens (including phenoxy) is 1. The molecule has 3 heterocycles. The molecular weight excluding hydrogens is 330 g/mol. The van der Waals surface area contributed by atoms with Crippen molar-refractivity contribution in [3.63, 3.8) is 0 Å². The Morgan fingerprint density at radius 2 is 2.00 bits per heavy atom. The van der Waals surface area contributed by atoms with E-state index in [0.717, 1.165) is 0 Å². The van der Waals surface area contributed by atoms with Gasteiger partial charge in [-0.05, 0) is 18.1 Å². The van der Waals surface area contributed by atoms with Gasteiger partial charge in [-0.1, -0.05) is 18.2 Å². The van der Waals surface area contributed by atoms with E-state index in [2.05, 4.69) is 10.2 Å². The highest BCUT2D eigenvalue weighted by Crippen LogP contribution is 2.37. The molecule has 8 heteroatoms. The van der Waals surface area contributed by atoms with Crippen LogP contribution in [0, 0.1) is 18.8 Å². The fraction of sp³-hybridized carbons (Fsp3) is 0.500. The van der Waals surface area contributed by atoms with Gasteiger partial charge in [0.25, 0.3) is 0 Å². The summed E-state index contributed by atoms with van der Waals surface area (Å²) in [5.41, 5.74) is 0. The molecule has 0 saturated carbocycles. The molecule has 2 saturated heterocycles. The number of aryl methyl sites for hydroxylation is 1. The van der Waals surface area contributed by atoms with E-state index >= 15 is 0 Å². The monoisotopic (exact) mass is 349 g/mol. The van der Waals surface area contributed by atoms with E-state index in [1.54, 1.807) is 31.2 Å². The molecule has 0 unspecified atom stereocenters. The van der Waals surface area contributed by atoms with Crippen LogP contribution in [0.25, 0.3) is 0 Å². The standard InChI is InChI=1S/C16H19N3O4S/c1-11-17-18-16(23-11)7-12-10-22-15-9-19(8-14(12)15)24(20,21)13-5-3-2-4-6-13/h2-6,12,14-15H,7-10H2,1H3/t12-,14-,15-/m1/s1. The average molecular weight is 349 g/mol. The maximum Gasteiger partial charge on any atom is 0.243 e. The van der Waals surface area contributed by atoms with Crippen LogP contribution >= 0.6 is 0 Å². The van der Waals surface area contributed by atoms with Gasteiger partial charge in [-0.25, -0.2) is 8.42 Å². The highest BCUT2D eigenvalue weighted by Gasteiger charge is 2.47. The normalized spacial score (nSPS) is 27.5. The molecule has 0 radical (unpaired) electrons. The van der Waals surface area contributed by atoms with E-state index in [9.17, 15) is 8.42 Å². The second-order valence-corrected chi connectivity index (χ2v) is 8.29. The largest absolute Gasteiger partial charge is 0.426 e. The molecule has 2 fully saturated rings. The molecule has 2 aromatic rings. The van der Waals surface area contributed by atoms with Gasteiger partial charge in [0.15, 0.2) is 0 Å². The number of hydrogen-bond donors (Lipinski definition) is 0. The molecule has 0 spiro atoms. The Bertz CT molecular complexity index is 821. The molecule has 3 atom stereocenters. The first-order valence-corrected chi connectivity index (χ1v) is 9.44. The molecule has 1 aromatic carbocycles. The van der Waals surface area contributed by atoms with Gasteiger partial charge < -0.3 is 9.15 Å². The lowest BCUT2D eigenvalue weighted by molar-refractivity contribution is 0.103. The van der Waals surface area contributed by atoms with Crippen LogP contribution in [0.4, 0.5) is 0 Å². The van der Waals surface area contributed by atoms with Crippen molar-refractivity contribution in [3.05, 3.63) is 42.1 Å². The Balaban J connectivity index is 1.50. The van der Waals surface area contributed by atoms with E-state index in [4.69, 9.17) is 9.15 Å². The Morgan fingerprint density at radius 1 is 1.21 bits per heavy atom. The summed E-state index contributed by atoms with van der Waals surface area (Å²) in [6, 6.07) is 8.54. The van der Waals surface area contributed by atoms with Crippen molar-refractivity contribution in [2.24, 2.45) is 11.8 Å². The maximum absolute atomic E-state index is 12.8. The third-order valence-electron chi connectivity index (χ3n) is 4.79. The molecule has 1 aromatic heterocycles. The smallest absolute Gasteiger partial charge is 0.243 e. The van der Waals surface area contributed by atoms with Gasteiger partial charge in [0.2, 0.25) is 21.8 Å². The van der Waals surface area contributed by atoms with Crippen LogP contribution < -0.4 is 0 Å². The van der Waals surface area contributed by atoms with Gasteiger partial charge in [-0.3, -0.25) is 0 Å². The second kappa shape index (κ2) is 5.94. The number of rotatable bonds is 4. The summed E-state index contributed by atoms with van der Waals surface area (Å²) < 4.78 is 38.3.